The summed E-state index contributed by atoms with van der Waals surface area (Å²) < 4.78 is 8.50. The summed E-state index contributed by atoms with van der Waals surface area (Å²) in [7, 11) is 0. The number of hydrogen-bond donors (Lipinski definition) is 0. The zero-order valence-corrected chi connectivity index (χ0v) is 21.0. The van der Waals surface area contributed by atoms with E-state index in [0.29, 0.717) is 32.0 Å². The molecule has 1 aromatic heterocycles. The fraction of sp³-hybridized carbons (Fsp3) is 0.333. The van der Waals surface area contributed by atoms with E-state index in [1.54, 1.807) is 0 Å². The maximum absolute atomic E-state index is 13.1. The molecular weight excluding hydrogens is 434 g/mol. The number of nitrogens with zero attached hydrogens (tertiary/aromatic N) is 3. The Kier molecular flexibility index (Phi) is 6.33. The normalized spacial score (nSPS) is 16.0. The number of amides is 1. The predicted octanol–water partition coefficient (Wildman–Crippen LogP) is 6.38. The molecule has 1 unspecified atom stereocenters. The number of rotatable bonds is 7. The number of fused-ring (bicyclic) bond motifs is 1. The van der Waals surface area contributed by atoms with Crippen molar-refractivity contribution in [3.05, 3.63) is 89.2 Å². The molecular formula is C30H33N3O2. The molecule has 0 N–H and O–H groups in total. The SMILES string of the molecule is Cc1cc(C)cc(N2CC(c3nc4ccccc4n3CCOc3ccccc3C(C)C)CC2=O)c1. The molecule has 1 amide bonds. The minimum atomic E-state index is 0.0404. The molecule has 5 rings (SSSR count). The van der Waals surface area contributed by atoms with Crippen molar-refractivity contribution in [2.45, 2.75) is 52.5 Å². The Morgan fingerprint density at radius 3 is 2.49 bits per heavy atom. The quantitative estimate of drug-likeness (QED) is 0.317. The minimum absolute atomic E-state index is 0.0404. The van der Waals surface area contributed by atoms with E-state index < -0.39 is 0 Å². The van der Waals surface area contributed by atoms with Gasteiger partial charge >= 0.3 is 0 Å². The summed E-state index contributed by atoms with van der Waals surface area (Å²) in [4.78, 5) is 20.0. The molecule has 2 heterocycles. The average molecular weight is 468 g/mol. The Morgan fingerprint density at radius 1 is 1.00 bits per heavy atom. The summed E-state index contributed by atoms with van der Waals surface area (Å²) in [6, 6.07) is 22.8. The summed E-state index contributed by atoms with van der Waals surface area (Å²) in [6.07, 6.45) is 0.466. The molecule has 0 bridgehead atoms. The number of imidazole rings is 1. The van der Waals surface area contributed by atoms with E-state index in [1.165, 1.54) is 16.7 Å². The van der Waals surface area contributed by atoms with Gasteiger partial charge in [-0.1, -0.05) is 50.2 Å². The Bertz CT molecular complexity index is 1350. The number of benzene rings is 3. The molecule has 180 valence electrons. The first-order valence-electron chi connectivity index (χ1n) is 12.5. The van der Waals surface area contributed by atoms with Gasteiger partial charge in [0.2, 0.25) is 5.91 Å². The van der Waals surface area contributed by atoms with E-state index in [1.807, 2.05) is 35.2 Å². The Balaban J connectivity index is 1.41. The first kappa shape index (κ1) is 23.2. The molecule has 1 fully saturated rings. The van der Waals surface area contributed by atoms with Gasteiger partial charge in [0.1, 0.15) is 18.2 Å². The second-order valence-electron chi connectivity index (χ2n) is 9.90. The van der Waals surface area contributed by atoms with Gasteiger partial charge in [0, 0.05) is 24.6 Å². The fourth-order valence-corrected chi connectivity index (χ4v) is 5.21. The van der Waals surface area contributed by atoms with E-state index in [9.17, 15) is 4.79 Å². The second kappa shape index (κ2) is 9.57. The molecule has 0 aliphatic carbocycles. The standard InChI is InChI=1S/C30H33N3O2/c1-20(2)25-9-5-8-12-28(25)35-14-13-32-27-11-7-6-10-26(27)31-30(32)23-18-29(34)33(19-23)24-16-21(3)15-22(4)17-24/h5-12,15-17,20,23H,13-14,18-19H2,1-4H3. The first-order valence-corrected chi connectivity index (χ1v) is 12.5. The van der Waals surface area contributed by atoms with Gasteiger partial charge < -0.3 is 14.2 Å². The first-order chi connectivity index (χ1) is 16.9. The van der Waals surface area contributed by atoms with Crippen LogP contribution in [0.3, 0.4) is 0 Å². The minimum Gasteiger partial charge on any atom is -0.491 e. The van der Waals surface area contributed by atoms with Crippen LogP contribution in [0.2, 0.25) is 0 Å². The van der Waals surface area contributed by atoms with E-state index >= 15 is 0 Å². The molecule has 0 spiro atoms. The number of carbonyl (C=O) groups excluding carboxylic acids is 1. The second-order valence-corrected chi connectivity index (χ2v) is 9.90. The number of hydrogen-bond acceptors (Lipinski definition) is 3. The summed E-state index contributed by atoms with van der Waals surface area (Å²) in [5.74, 6) is 2.49. The molecule has 4 aromatic rings. The average Bonchev–Trinajstić information content (AvgIpc) is 3.39. The Labute approximate surface area is 207 Å². The number of ether oxygens (including phenoxy) is 1. The summed E-state index contributed by atoms with van der Waals surface area (Å²) in [5, 5.41) is 0. The van der Waals surface area contributed by atoms with Gasteiger partial charge in [-0.15, -0.1) is 0 Å². The van der Waals surface area contributed by atoms with Crippen molar-refractivity contribution in [2.24, 2.45) is 0 Å². The van der Waals surface area contributed by atoms with Gasteiger partial charge in [-0.05, 0) is 66.8 Å². The molecule has 1 aliphatic rings. The third-order valence-corrected chi connectivity index (χ3v) is 6.81. The largest absolute Gasteiger partial charge is 0.491 e. The summed E-state index contributed by atoms with van der Waals surface area (Å²) in [5.41, 5.74) is 6.58. The highest BCUT2D eigenvalue weighted by molar-refractivity contribution is 5.96. The van der Waals surface area contributed by atoms with Gasteiger partial charge in [-0.2, -0.15) is 0 Å². The molecule has 5 heteroatoms. The van der Waals surface area contributed by atoms with Crippen LogP contribution in [0.1, 0.15) is 54.6 Å². The van der Waals surface area contributed by atoms with Gasteiger partial charge in [0.15, 0.2) is 0 Å². The molecule has 1 saturated heterocycles. The van der Waals surface area contributed by atoms with Crippen LogP contribution >= 0.6 is 0 Å². The Hall–Kier alpha value is -3.60. The van der Waals surface area contributed by atoms with E-state index in [2.05, 4.69) is 68.7 Å². The number of anilines is 1. The molecule has 5 nitrogen and oxygen atoms in total. The van der Waals surface area contributed by atoms with Crippen LogP contribution in [0, 0.1) is 13.8 Å². The van der Waals surface area contributed by atoms with Gasteiger partial charge in [-0.25, -0.2) is 4.98 Å². The molecule has 35 heavy (non-hydrogen) atoms. The summed E-state index contributed by atoms with van der Waals surface area (Å²) in [6.45, 7) is 10.4. The maximum Gasteiger partial charge on any atom is 0.227 e. The molecule has 0 radical (unpaired) electrons. The van der Waals surface area contributed by atoms with Crippen molar-refractivity contribution in [1.82, 2.24) is 9.55 Å². The highest BCUT2D eigenvalue weighted by Gasteiger charge is 2.35. The monoisotopic (exact) mass is 467 g/mol. The van der Waals surface area contributed by atoms with Crippen LogP contribution in [0.25, 0.3) is 11.0 Å². The zero-order chi connectivity index (χ0) is 24.5. The van der Waals surface area contributed by atoms with Gasteiger partial charge in [-0.3, -0.25) is 4.79 Å². The molecule has 1 atom stereocenters. The lowest BCUT2D eigenvalue weighted by molar-refractivity contribution is -0.117. The van der Waals surface area contributed by atoms with E-state index in [0.717, 1.165) is 28.3 Å². The lowest BCUT2D eigenvalue weighted by Gasteiger charge is -2.19. The van der Waals surface area contributed by atoms with Crippen molar-refractivity contribution in [3.8, 4) is 5.75 Å². The van der Waals surface area contributed by atoms with Crippen LogP contribution in [0.4, 0.5) is 5.69 Å². The number of para-hydroxylation sites is 3. The van der Waals surface area contributed by atoms with E-state index in [-0.39, 0.29) is 11.8 Å². The number of aromatic nitrogens is 2. The smallest absolute Gasteiger partial charge is 0.227 e. The topological polar surface area (TPSA) is 47.4 Å². The third-order valence-electron chi connectivity index (χ3n) is 6.81. The maximum atomic E-state index is 13.1. The van der Waals surface area contributed by atoms with E-state index in [4.69, 9.17) is 9.72 Å². The van der Waals surface area contributed by atoms with Crippen molar-refractivity contribution < 1.29 is 9.53 Å². The Morgan fingerprint density at radius 2 is 1.71 bits per heavy atom. The highest BCUT2D eigenvalue weighted by atomic mass is 16.5. The number of aryl methyl sites for hydroxylation is 2. The van der Waals surface area contributed by atoms with Crippen LogP contribution in [0.5, 0.6) is 5.75 Å². The van der Waals surface area contributed by atoms with Crippen molar-refractivity contribution in [2.75, 3.05) is 18.1 Å². The molecule has 3 aromatic carbocycles. The predicted molar refractivity (Wildman–Crippen MR) is 141 cm³/mol. The fourth-order valence-electron chi connectivity index (χ4n) is 5.21. The zero-order valence-electron chi connectivity index (χ0n) is 21.0. The van der Waals surface area contributed by atoms with Crippen molar-refractivity contribution in [3.63, 3.8) is 0 Å². The number of carbonyl (C=O) groups is 1. The van der Waals surface area contributed by atoms with Crippen LogP contribution < -0.4 is 9.64 Å². The van der Waals surface area contributed by atoms with Gasteiger partial charge in [0.05, 0.1) is 17.6 Å². The third kappa shape index (κ3) is 4.68. The molecule has 1 aliphatic heterocycles. The van der Waals surface area contributed by atoms with Crippen LogP contribution in [-0.4, -0.2) is 28.6 Å². The van der Waals surface area contributed by atoms with Crippen molar-refractivity contribution in [1.29, 1.82) is 0 Å². The summed E-state index contributed by atoms with van der Waals surface area (Å²) >= 11 is 0. The highest BCUT2D eigenvalue weighted by Crippen LogP contribution is 2.34. The molecule has 0 saturated carbocycles. The van der Waals surface area contributed by atoms with Crippen LogP contribution in [-0.2, 0) is 11.3 Å². The van der Waals surface area contributed by atoms with Crippen LogP contribution in [0.15, 0.2) is 66.7 Å². The van der Waals surface area contributed by atoms with Gasteiger partial charge in [0.25, 0.3) is 0 Å². The van der Waals surface area contributed by atoms with Crippen molar-refractivity contribution >= 4 is 22.6 Å². The lowest BCUT2D eigenvalue weighted by atomic mass is 10.0. The lowest BCUT2D eigenvalue weighted by Crippen LogP contribution is -2.25.